The van der Waals surface area contributed by atoms with Crippen LogP contribution in [0.2, 0.25) is 0 Å². The van der Waals surface area contributed by atoms with Crippen LogP contribution in [0.3, 0.4) is 0 Å². The third kappa shape index (κ3) is 2.12. The van der Waals surface area contributed by atoms with Crippen molar-refractivity contribution in [1.82, 2.24) is 0 Å². The molecule has 1 aliphatic rings. The Hall–Kier alpha value is -0.690. The summed E-state index contributed by atoms with van der Waals surface area (Å²) in [4.78, 5) is 1.14. The van der Waals surface area contributed by atoms with E-state index in [0.717, 1.165) is 11.3 Å². The van der Waals surface area contributed by atoms with Gasteiger partial charge in [-0.1, -0.05) is 44.2 Å². The Bertz CT molecular complexity index is 367. The molecule has 0 saturated heterocycles. The number of allylic oxidation sites excluding steroid dienone is 2. The summed E-state index contributed by atoms with van der Waals surface area (Å²) in [6, 6.07) is 8.48. The quantitative estimate of drug-likeness (QED) is 0.527. The van der Waals surface area contributed by atoms with E-state index in [9.17, 15) is 0 Å². The van der Waals surface area contributed by atoms with Crippen molar-refractivity contribution in [2.24, 2.45) is 11.8 Å². The lowest BCUT2D eigenvalue weighted by Crippen LogP contribution is -2.19. The van der Waals surface area contributed by atoms with E-state index in [2.05, 4.69) is 62.9 Å². The average Bonchev–Trinajstić information content (AvgIpc) is 2.23. The highest BCUT2D eigenvalue weighted by Crippen LogP contribution is 2.39. The van der Waals surface area contributed by atoms with Gasteiger partial charge in [-0.05, 0) is 35.8 Å². The lowest BCUT2D eigenvalue weighted by molar-refractivity contribution is 0.356. The van der Waals surface area contributed by atoms with Crippen LogP contribution in [0, 0.1) is 11.8 Å². The predicted molar refractivity (Wildman–Crippen MR) is 68.5 cm³/mol. The summed E-state index contributed by atoms with van der Waals surface area (Å²) in [5.41, 5.74) is 1.41. The van der Waals surface area contributed by atoms with Crippen LogP contribution in [0.5, 0.6) is 0 Å². The van der Waals surface area contributed by atoms with Crippen LogP contribution in [-0.4, -0.2) is 0 Å². The molecule has 0 amide bonds. The Morgan fingerprint density at radius 1 is 1.20 bits per heavy atom. The third-order valence-electron chi connectivity index (χ3n) is 3.63. The van der Waals surface area contributed by atoms with Crippen molar-refractivity contribution in [3.8, 4) is 0 Å². The summed E-state index contributed by atoms with van der Waals surface area (Å²) >= 11 is 4.55. The first kappa shape index (κ1) is 10.8. The molecule has 1 aromatic carbocycles. The molecule has 2 rings (SSSR count). The second kappa shape index (κ2) is 4.44. The van der Waals surface area contributed by atoms with Crippen LogP contribution in [0.4, 0.5) is 0 Å². The molecule has 0 N–H and O–H groups in total. The minimum atomic E-state index is 0.638. The Kier molecular flexibility index (Phi) is 3.20. The third-order valence-corrected chi connectivity index (χ3v) is 4.04. The van der Waals surface area contributed by atoms with Gasteiger partial charge in [-0.15, -0.1) is 12.6 Å². The van der Waals surface area contributed by atoms with Crippen molar-refractivity contribution in [3.05, 3.63) is 42.0 Å². The van der Waals surface area contributed by atoms with Gasteiger partial charge in [-0.2, -0.15) is 0 Å². The molecule has 0 fully saturated rings. The van der Waals surface area contributed by atoms with E-state index in [1.54, 1.807) is 0 Å². The number of hydrogen-bond donors (Lipinski definition) is 1. The standard InChI is InChI=1S/C14H18S/c1-10-6-5-8-12(11(10)2)13-7-3-4-9-14(13)15/h3-7,9-12,15H,8H2,1-2H3. The maximum absolute atomic E-state index is 4.55. The SMILES string of the molecule is CC1C=CCC(c2ccccc2S)C1C. The van der Waals surface area contributed by atoms with Crippen LogP contribution in [-0.2, 0) is 0 Å². The van der Waals surface area contributed by atoms with Gasteiger partial charge in [0.15, 0.2) is 0 Å². The predicted octanol–water partition coefficient (Wildman–Crippen LogP) is 4.29. The lowest BCUT2D eigenvalue weighted by Gasteiger charge is -2.31. The number of hydrogen-bond acceptors (Lipinski definition) is 1. The van der Waals surface area contributed by atoms with Gasteiger partial charge in [0.25, 0.3) is 0 Å². The molecule has 3 atom stereocenters. The number of rotatable bonds is 1. The fraction of sp³-hybridized carbons (Fsp3) is 0.429. The van der Waals surface area contributed by atoms with Crippen LogP contribution in [0.15, 0.2) is 41.3 Å². The second-order valence-electron chi connectivity index (χ2n) is 4.55. The zero-order chi connectivity index (χ0) is 10.8. The van der Waals surface area contributed by atoms with Crippen molar-refractivity contribution < 1.29 is 0 Å². The molecule has 0 spiro atoms. The van der Waals surface area contributed by atoms with Crippen molar-refractivity contribution >= 4 is 12.6 Å². The molecule has 0 aliphatic heterocycles. The summed E-state index contributed by atoms with van der Waals surface area (Å²) in [6.07, 6.45) is 5.81. The smallest absolute Gasteiger partial charge is 0.00750 e. The Labute approximate surface area is 97.8 Å². The molecular formula is C14H18S. The summed E-state index contributed by atoms with van der Waals surface area (Å²) in [5, 5.41) is 0. The Balaban J connectivity index is 2.32. The molecule has 0 heterocycles. The fourth-order valence-electron chi connectivity index (χ4n) is 2.41. The molecule has 1 heteroatoms. The summed E-state index contributed by atoms with van der Waals surface area (Å²) in [7, 11) is 0. The first-order valence-corrected chi connectivity index (χ1v) is 6.09. The fourth-order valence-corrected chi connectivity index (χ4v) is 2.73. The Morgan fingerprint density at radius 3 is 2.67 bits per heavy atom. The molecule has 0 bridgehead atoms. The van der Waals surface area contributed by atoms with Gasteiger partial charge in [-0.25, -0.2) is 0 Å². The maximum atomic E-state index is 4.55. The van der Waals surface area contributed by atoms with Crippen LogP contribution >= 0.6 is 12.6 Å². The first-order valence-electron chi connectivity index (χ1n) is 5.64. The van der Waals surface area contributed by atoms with Gasteiger partial charge in [0.05, 0.1) is 0 Å². The van der Waals surface area contributed by atoms with Gasteiger partial charge in [0.2, 0.25) is 0 Å². The minimum absolute atomic E-state index is 0.638. The zero-order valence-corrected chi connectivity index (χ0v) is 10.2. The number of benzene rings is 1. The Morgan fingerprint density at radius 2 is 1.93 bits per heavy atom. The molecule has 3 unspecified atom stereocenters. The minimum Gasteiger partial charge on any atom is -0.143 e. The zero-order valence-electron chi connectivity index (χ0n) is 9.35. The molecule has 1 aliphatic carbocycles. The molecule has 15 heavy (non-hydrogen) atoms. The van der Waals surface area contributed by atoms with E-state index in [1.165, 1.54) is 5.56 Å². The molecular weight excluding hydrogens is 200 g/mol. The van der Waals surface area contributed by atoms with Crippen molar-refractivity contribution in [1.29, 1.82) is 0 Å². The topological polar surface area (TPSA) is 0 Å². The lowest BCUT2D eigenvalue weighted by atomic mass is 9.74. The molecule has 0 saturated carbocycles. The molecule has 80 valence electrons. The maximum Gasteiger partial charge on any atom is 0.00750 e. The van der Waals surface area contributed by atoms with E-state index in [4.69, 9.17) is 0 Å². The summed E-state index contributed by atoms with van der Waals surface area (Å²) in [5.74, 6) is 2.03. The monoisotopic (exact) mass is 218 g/mol. The van der Waals surface area contributed by atoms with E-state index < -0.39 is 0 Å². The van der Waals surface area contributed by atoms with E-state index in [1.807, 2.05) is 0 Å². The largest absolute Gasteiger partial charge is 0.143 e. The van der Waals surface area contributed by atoms with E-state index in [-0.39, 0.29) is 0 Å². The van der Waals surface area contributed by atoms with E-state index in [0.29, 0.717) is 17.8 Å². The normalized spacial score (nSPS) is 30.5. The highest BCUT2D eigenvalue weighted by molar-refractivity contribution is 7.80. The first-order chi connectivity index (χ1) is 7.20. The van der Waals surface area contributed by atoms with Crippen LogP contribution in [0.1, 0.15) is 31.7 Å². The van der Waals surface area contributed by atoms with Gasteiger partial charge >= 0.3 is 0 Å². The average molecular weight is 218 g/mol. The van der Waals surface area contributed by atoms with Crippen LogP contribution < -0.4 is 0 Å². The highest BCUT2D eigenvalue weighted by Gasteiger charge is 2.25. The van der Waals surface area contributed by atoms with Gasteiger partial charge < -0.3 is 0 Å². The van der Waals surface area contributed by atoms with Gasteiger partial charge in [0.1, 0.15) is 0 Å². The molecule has 0 nitrogen and oxygen atoms in total. The molecule has 1 aromatic rings. The van der Waals surface area contributed by atoms with Crippen molar-refractivity contribution in [3.63, 3.8) is 0 Å². The number of thiol groups is 1. The van der Waals surface area contributed by atoms with Gasteiger partial charge in [-0.3, -0.25) is 0 Å². The van der Waals surface area contributed by atoms with Crippen LogP contribution in [0.25, 0.3) is 0 Å². The molecule has 0 aromatic heterocycles. The highest BCUT2D eigenvalue weighted by atomic mass is 32.1. The van der Waals surface area contributed by atoms with Crippen molar-refractivity contribution in [2.75, 3.05) is 0 Å². The summed E-state index contributed by atoms with van der Waals surface area (Å²) < 4.78 is 0. The van der Waals surface area contributed by atoms with Gasteiger partial charge in [0, 0.05) is 4.90 Å². The van der Waals surface area contributed by atoms with E-state index >= 15 is 0 Å². The summed E-state index contributed by atoms with van der Waals surface area (Å²) in [6.45, 7) is 4.65. The van der Waals surface area contributed by atoms with Crippen molar-refractivity contribution in [2.45, 2.75) is 31.1 Å². The second-order valence-corrected chi connectivity index (χ2v) is 5.03. The molecule has 0 radical (unpaired) electrons.